The van der Waals surface area contributed by atoms with E-state index in [-0.39, 0.29) is 29.0 Å². The van der Waals surface area contributed by atoms with Crippen LogP contribution in [0.2, 0.25) is 15.1 Å². The summed E-state index contributed by atoms with van der Waals surface area (Å²) in [6.07, 6.45) is 2.38. The molecule has 2 aromatic carbocycles. The van der Waals surface area contributed by atoms with E-state index in [2.05, 4.69) is 39.5 Å². The number of Topliss-reactive ketones (excluding diaryl/α,β-unsaturated/α-hetero) is 2. The first-order valence-electron chi connectivity index (χ1n) is 14.6. The summed E-state index contributed by atoms with van der Waals surface area (Å²) in [6, 6.07) is 8.94. The van der Waals surface area contributed by atoms with Gasteiger partial charge in [0.05, 0.1) is 11.6 Å². The number of nitrogens with zero attached hydrogens (tertiary/aromatic N) is 1. The largest absolute Gasteiger partial charge is 0.490 e. The fourth-order valence-corrected chi connectivity index (χ4v) is 7.45. The molecule has 1 heterocycles. The van der Waals surface area contributed by atoms with E-state index in [0.717, 1.165) is 35.4 Å². The molecule has 0 saturated carbocycles. The minimum absolute atomic E-state index is 0.0840. The van der Waals surface area contributed by atoms with Crippen LogP contribution in [-0.4, -0.2) is 29.6 Å². The fraction of sp³-hybridized carbons (Fsp3) is 0.471. The van der Waals surface area contributed by atoms with Crippen LogP contribution in [0.25, 0.3) is 0 Å². The van der Waals surface area contributed by atoms with Crippen molar-refractivity contribution in [1.82, 2.24) is 4.90 Å². The van der Waals surface area contributed by atoms with E-state index in [4.69, 9.17) is 44.3 Å². The maximum atomic E-state index is 13.9. The molecule has 224 valence electrons. The van der Waals surface area contributed by atoms with Gasteiger partial charge in [-0.3, -0.25) is 9.59 Å². The van der Waals surface area contributed by atoms with Crippen LogP contribution in [0, 0.1) is 10.8 Å². The molecular weight excluding hydrogens is 593 g/mol. The molecule has 5 nitrogen and oxygen atoms in total. The molecule has 0 amide bonds. The van der Waals surface area contributed by atoms with Gasteiger partial charge in [0.15, 0.2) is 23.1 Å². The van der Waals surface area contributed by atoms with Crippen LogP contribution in [-0.2, 0) is 16.2 Å². The highest BCUT2D eigenvalue weighted by atomic mass is 35.5. The predicted octanol–water partition coefficient (Wildman–Crippen LogP) is 9.33. The number of benzene rings is 2. The summed E-state index contributed by atoms with van der Waals surface area (Å²) in [4.78, 5) is 30.1. The molecule has 0 spiro atoms. The highest BCUT2D eigenvalue weighted by molar-refractivity contribution is 6.35. The molecule has 2 aromatic rings. The van der Waals surface area contributed by atoms with E-state index in [1.165, 1.54) is 0 Å². The van der Waals surface area contributed by atoms with Crippen molar-refractivity contribution in [3.63, 3.8) is 0 Å². The van der Waals surface area contributed by atoms with E-state index >= 15 is 0 Å². The number of carbonyl (C=O) groups is 2. The lowest BCUT2D eigenvalue weighted by Gasteiger charge is -2.49. The van der Waals surface area contributed by atoms with Gasteiger partial charge in [0, 0.05) is 63.5 Å². The number of ether oxygens (including phenoxy) is 2. The average Bonchev–Trinajstić information content (AvgIpc) is 2.86. The summed E-state index contributed by atoms with van der Waals surface area (Å²) < 4.78 is 12.2. The number of allylic oxidation sites excluding steroid dienone is 4. The lowest BCUT2D eigenvalue weighted by Crippen LogP contribution is -2.44. The SMILES string of the molecule is CCOc1cc(C2C3=C(CC(C)(C)CC3=O)N(CC)C3=C2C(=O)CC(C)(C)C3)cc(Cl)c1OCc1ccc(Cl)cc1Cl. The number of rotatable bonds is 7. The molecule has 3 aliphatic rings. The summed E-state index contributed by atoms with van der Waals surface area (Å²) in [6.45, 7) is 13.8. The van der Waals surface area contributed by atoms with Crippen molar-refractivity contribution in [2.24, 2.45) is 10.8 Å². The Balaban J connectivity index is 1.65. The quantitative estimate of drug-likeness (QED) is 0.305. The van der Waals surface area contributed by atoms with Gasteiger partial charge < -0.3 is 14.4 Å². The van der Waals surface area contributed by atoms with Gasteiger partial charge in [-0.1, -0.05) is 68.6 Å². The van der Waals surface area contributed by atoms with Gasteiger partial charge in [0.25, 0.3) is 0 Å². The van der Waals surface area contributed by atoms with E-state index < -0.39 is 5.92 Å². The number of halogens is 3. The molecule has 0 aromatic heterocycles. The Labute approximate surface area is 263 Å². The third kappa shape index (κ3) is 5.85. The van der Waals surface area contributed by atoms with Gasteiger partial charge in [-0.15, -0.1) is 0 Å². The van der Waals surface area contributed by atoms with Crippen LogP contribution in [0.3, 0.4) is 0 Å². The lowest BCUT2D eigenvalue weighted by molar-refractivity contribution is -0.119. The Morgan fingerprint density at radius 1 is 0.810 bits per heavy atom. The minimum Gasteiger partial charge on any atom is -0.490 e. The molecule has 1 aliphatic heterocycles. The van der Waals surface area contributed by atoms with Crippen molar-refractivity contribution >= 4 is 46.4 Å². The summed E-state index contributed by atoms with van der Waals surface area (Å²) >= 11 is 19.4. The summed E-state index contributed by atoms with van der Waals surface area (Å²) in [5, 5.41) is 1.38. The molecule has 2 aliphatic carbocycles. The summed E-state index contributed by atoms with van der Waals surface area (Å²) in [7, 11) is 0. The van der Waals surface area contributed by atoms with Gasteiger partial charge in [0.2, 0.25) is 0 Å². The van der Waals surface area contributed by atoms with Gasteiger partial charge >= 0.3 is 0 Å². The van der Waals surface area contributed by atoms with Crippen LogP contribution in [0.5, 0.6) is 11.5 Å². The van der Waals surface area contributed by atoms with Gasteiger partial charge in [-0.2, -0.15) is 0 Å². The first-order valence-corrected chi connectivity index (χ1v) is 15.7. The molecule has 0 radical (unpaired) electrons. The minimum atomic E-state index is -0.513. The standard InChI is InChI=1S/C34H38Cl3NO4/c1-7-38-24-14-33(3,4)16-26(39)30(24)29(31-25(38)15-34(5,6)17-27(31)40)20-11-23(37)32(28(12-20)41-8-2)42-18-19-9-10-21(35)13-22(19)36/h9-13,29H,7-8,14-18H2,1-6H3. The zero-order valence-corrected chi connectivity index (χ0v) is 27.4. The maximum absolute atomic E-state index is 13.9. The number of ketones is 2. The Morgan fingerprint density at radius 2 is 1.40 bits per heavy atom. The van der Waals surface area contributed by atoms with Crippen LogP contribution in [0.15, 0.2) is 52.9 Å². The number of hydrogen-bond donors (Lipinski definition) is 0. The second-order valence-electron chi connectivity index (χ2n) is 13.1. The summed E-state index contributed by atoms with van der Waals surface area (Å²) in [5.74, 6) is 0.497. The Morgan fingerprint density at radius 3 is 1.93 bits per heavy atom. The van der Waals surface area contributed by atoms with Crippen molar-refractivity contribution in [3.05, 3.63) is 79.1 Å². The van der Waals surface area contributed by atoms with Gasteiger partial charge in [-0.25, -0.2) is 0 Å². The average molecular weight is 631 g/mol. The summed E-state index contributed by atoms with van der Waals surface area (Å²) in [5.41, 5.74) is 4.65. The molecule has 0 N–H and O–H groups in total. The second kappa shape index (κ2) is 11.6. The van der Waals surface area contributed by atoms with E-state index in [9.17, 15) is 9.59 Å². The number of carbonyl (C=O) groups excluding carboxylic acids is 2. The number of hydrogen-bond acceptors (Lipinski definition) is 5. The van der Waals surface area contributed by atoms with Crippen LogP contribution >= 0.6 is 34.8 Å². The van der Waals surface area contributed by atoms with E-state index in [1.54, 1.807) is 12.1 Å². The first-order chi connectivity index (χ1) is 19.7. The molecule has 0 unspecified atom stereocenters. The molecule has 0 bridgehead atoms. The molecule has 0 fully saturated rings. The molecule has 8 heteroatoms. The first kappa shape index (κ1) is 31.0. The smallest absolute Gasteiger partial charge is 0.180 e. The van der Waals surface area contributed by atoms with Crippen LogP contribution in [0.4, 0.5) is 0 Å². The van der Waals surface area contributed by atoms with Gasteiger partial charge in [-0.05, 0) is 67.3 Å². The van der Waals surface area contributed by atoms with Crippen molar-refractivity contribution in [2.75, 3.05) is 13.2 Å². The Kier molecular flexibility index (Phi) is 8.52. The molecule has 42 heavy (non-hydrogen) atoms. The Hall–Kier alpha value is -2.47. The molecular formula is C34H38Cl3NO4. The molecule has 5 rings (SSSR count). The van der Waals surface area contributed by atoms with Gasteiger partial charge in [0.1, 0.15) is 6.61 Å². The van der Waals surface area contributed by atoms with E-state index in [1.807, 2.05) is 25.1 Å². The predicted molar refractivity (Wildman–Crippen MR) is 169 cm³/mol. The fourth-order valence-electron chi connectivity index (χ4n) is 6.71. The highest BCUT2D eigenvalue weighted by Gasteiger charge is 2.48. The Bertz CT molecular complexity index is 1470. The lowest BCUT2D eigenvalue weighted by atomic mass is 9.63. The normalized spacial score (nSPS) is 20.1. The zero-order chi connectivity index (χ0) is 30.6. The molecule has 0 atom stereocenters. The van der Waals surface area contributed by atoms with Crippen LogP contribution < -0.4 is 9.47 Å². The van der Waals surface area contributed by atoms with Crippen molar-refractivity contribution < 1.29 is 19.1 Å². The zero-order valence-electron chi connectivity index (χ0n) is 25.1. The molecule has 0 saturated heterocycles. The monoisotopic (exact) mass is 629 g/mol. The second-order valence-corrected chi connectivity index (χ2v) is 14.3. The van der Waals surface area contributed by atoms with Crippen molar-refractivity contribution in [3.8, 4) is 11.5 Å². The van der Waals surface area contributed by atoms with Crippen LogP contribution in [0.1, 0.15) is 84.3 Å². The highest BCUT2D eigenvalue weighted by Crippen LogP contribution is 2.55. The third-order valence-electron chi connectivity index (χ3n) is 8.39. The van der Waals surface area contributed by atoms with Crippen molar-refractivity contribution in [1.29, 1.82) is 0 Å². The van der Waals surface area contributed by atoms with Crippen molar-refractivity contribution in [2.45, 2.75) is 79.8 Å². The topological polar surface area (TPSA) is 55.8 Å². The third-order valence-corrected chi connectivity index (χ3v) is 9.26. The maximum Gasteiger partial charge on any atom is 0.180 e. The van der Waals surface area contributed by atoms with E-state index in [0.29, 0.717) is 63.7 Å².